The van der Waals surface area contributed by atoms with Gasteiger partial charge in [-0.05, 0) is 97.2 Å². The number of rotatable bonds is 8. The Morgan fingerprint density at radius 3 is 2.53 bits per heavy atom. The Labute approximate surface area is 251 Å². The van der Waals surface area contributed by atoms with E-state index in [0.29, 0.717) is 43.0 Å². The summed E-state index contributed by atoms with van der Waals surface area (Å²) in [6.07, 6.45) is 6.93. The molecule has 1 spiro atoms. The third kappa shape index (κ3) is 4.01. The molecule has 220 valence electrons. The highest BCUT2D eigenvalue weighted by molar-refractivity contribution is 6.02. The Bertz CT molecular complexity index is 1640. The molecule has 2 unspecified atom stereocenters. The van der Waals surface area contributed by atoms with Crippen molar-refractivity contribution in [1.82, 2.24) is 10.2 Å². The van der Waals surface area contributed by atoms with Crippen molar-refractivity contribution in [1.29, 1.82) is 0 Å². The zero-order valence-corrected chi connectivity index (χ0v) is 24.3. The molecule has 7 heteroatoms. The number of amides is 1. The minimum Gasteiger partial charge on any atom is -0.497 e. The van der Waals surface area contributed by atoms with Crippen LogP contribution in [0.3, 0.4) is 0 Å². The average Bonchev–Trinajstić information content (AvgIpc) is 3.77. The number of piperidine rings is 1. The maximum absolute atomic E-state index is 13.5. The van der Waals surface area contributed by atoms with E-state index in [-0.39, 0.29) is 17.7 Å². The van der Waals surface area contributed by atoms with Crippen LogP contribution in [0.4, 0.5) is 0 Å². The summed E-state index contributed by atoms with van der Waals surface area (Å²) in [4.78, 5) is 29.2. The predicted octanol–water partition coefficient (Wildman–Crippen LogP) is 4.24. The van der Waals surface area contributed by atoms with Gasteiger partial charge in [0, 0.05) is 24.7 Å². The van der Waals surface area contributed by atoms with Gasteiger partial charge >= 0.3 is 0 Å². The van der Waals surface area contributed by atoms with E-state index in [1.165, 1.54) is 18.9 Å². The van der Waals surface area contributed by atoms with E-state index in [9.17, 15) is 14.7 Å². The fourth-order valence-corrected chi connectivity index (χ4v) is 8.12. The number of hydrogen-bond donors (Lipinski definition) is 2. The van der Waals surface area contributed by atoms with Gasteiger partial charge in [-0.15, -0.1) is 0 Å². The summed E-state index contributed by atoms with van der Waals surface area (Å²) in [5, 5.41) is 15.5. The lowest BCUT2D eigenvalue weighted by Crippen LogP contribution is -2.75. The molecule has 0 aromatic heterocycles. The standard InChI is InChI=1S/C36H36N2O5/c1-42-27-11-8-25(9-12-27)24-6-4-22(5-7-24)15-18-37-34(40)28-13-10-26-20-30-36(41)16-14-29(39)33-35(36,31(26)32(28)43-33)17-19-38(30)21-23-2-3-23/h4-14,16,23,30,33,41H,2-3,15,17-21H2,1H3,(H,37,40)/t30?,33-,35?,36+/m0/s1. The van der Waals surface area contributed by atoms with Gasteiger partial charge in [0.05, 0.1) is 18.1 Å². The van der Waals surface area contributed by atoms with Crippen LogP contribution in [-0.4, -0.2) is 66.2 Å². The molecule has 2 N–H and O–H groups in total. The maximum atomic E-state index is 13.5. The Kier molecular flexibility index (Phi) is 6.07. The highest BCUT2D eigenvalue weighted by Gasteiger charge is 2.72. The number of methoxy groups -OCH3 is 1. The molecule has 2 aliphatic heterocycles. The molecule has 4 atom stereocenters. The van der Waals surface area contributed by atoms with Gasteiger partial charge in [-0.3, -0.25) is 14.5 Å². The maximum Gasteiger partial charge on any atom is 0.255 e. The molecule has 3 aromatic rings. The molecule has 1 saturated carbocycles. The van der Waals surface area contributed by atoms with Crippen LogP contribution >= 0.6 is 0 Å². The summed E-state index contributed by atoms with van der Waals surface area (Å²) in [7, 11) is 1.66. The van der Waals surface area contributed by atoms with E-state index in [2.05, 4.69) is 34.5 Å². The molecular weight excluding hydrogens is 540 g/mol. The van der Waals surface area contributed by atoms with Crippen LogP contribution in [0.25, 0.3) is 11.1 Å². The van der Waals surface area contributed by atoms with Crippen LogP contribution in [-0.2, 0) is 23.1 Å². The number of benzene rings is 3. The molecular formula is C36H36N2O5. The van der Waals surface area contributed by atoms with Crippen molar-refractivity contribution in [3.05, 3.63) is 95.1 Å². The Balaban J connectivity index is 1.02. The van der Waals surface area contributed by atoms with Gasteiger partial charge in [-0.1, -0.05) is 42.5 Å². The monoisotopic (exact) mass is 576 g/mol. The van der Waals surface area contributed by atoms with Crippen LogP contribution in [0, 0.1) is 5.92 Å². The van der Waals surface area contributed by atoms with E-state index >= 15 is 0 Å². The molecule has 3 aromatic carbocycles. The normalized spacial score (nSPS) is 28.3. The van der Waals surface area contributed by atoms with Gasteiger partial charge in [0.15, 0.2) is 11.9 Å². The SMILES string of the molecule is COc1ccc(-c2ccc(CCNC(=O)c3ccc4c5c3O[C@H]3C(=O)C=C[C@@]6(O)C(C4)N(CC4CC4)CCC536)cc2)cc1. The Morgan fingerprint density at radius 2 is 1.81 bits per heavy atom. The highest BCUT2D eigenvalue weighted by atomic mass is 16.5. The smallest absolute Gasteiger partial charge is 0.255 e. The number of carbonyl (C=O) groups is 2. The van der Waals surface area contributed by atoms with Gasteiger partial charge in [0.1, 0.15) is 17.1 Å². The fraction of sp³-hybridized carbons (Fsp3) is 0.389. The van der Waals surface area contributed by atoms with Crippen molar-refractivity contribution in [2.75, 3.05) is 26.7 Å². The first-order valence-electron chi connectivity index (χ1n) is 15.5. The molecule has 1 amide bonds. The highest BCUT2D eigenvalue weighted by Crippen LogP contribution is 2.62. The van der Waals surface area contributed by atoms with E-state index in [0.717, 1.165) is 46.7 Å². The molecule has 2 bridgehead atoms. The van der Waals surface area contributed by atoms with Gasteiger partial charge in [0.2, 0.25) is 0 Å². The first-order valence-corrected chi connectivity index (χ1v) is 15.5. The molecule has 1 saturated heterocycles. The summed E-state index contributed by atoms with van der Waals surface area (Å²) < 4.78 is 11.7. The van der Waals surface area contributed by atoms with Gasteiger partial charge in [-0.25, -0.2) is 0 Å². The van der Waals surface area contributed by atoms with E-state index in [1.54, 1.807) is 13.2 Å². The van der Waals surface area contributed by atoms with Crippen molar-refractivity contribution in [3.63, 3.8) is 0 Å². The number of nitrogens with one attached hydrogen (secondary N) is 1. The van der Waals surface area contributed by atoms with E-state index in [4.69, 9.17) is 9.47 Å². The second-order valence-corrected chi connectivity index (χ2v) is 12.8. The fourth-order valence-electron chi connectivity index (χ4n) is 8.12. The Morgan fingerprint density at radius 1 is 1.07 bits per heavy atom. The third-order valence-electron chi connectivity index (χ3n) is 10.5. The van der Waals surface area contributed by atoms with Gasteiger partial charge < -0.3 is 19.9 Å². The predicted molar refractivity (Wildman–Crippen MR) is 163 cm³/mol. The zero-order valence-electron chi connectivity index (χ0n) is 24.3. The summed E-state index contributed by atoms with van der Waals surface area (Å²) in [5.41, 5.74) is 3.71. The second-order valence-electron chi connectivity index (χ2n) is 12.8. The summed E-state index contributed by atoms with van der Waals surface area (Å²) in [6.45, 7) is 2.27. The number of carbonyl (C=O) groups excluding carboxylic acids is 2. The molecule has 2 fully saturated rings. The first kappa shape index (κ1) is 26.7. The lowest BCUT2D eigenvalue weighted by Gasteiger charge is -2.60. The largest absolute Gasteiger partial charge is 0.497 e. The lowest BCUT2D eigenvalue weighted by atomic mass is 9.50. The molecule has 43 heavy (non-hydrogen) atoms. The zero-order chi connectivity index (χ0) is 29.3. The number of hydrogen-bond acceptors (Lipinski definition) is 6. The minimum atomic E-state index is -1.20. The number of aliphatic hydroxyl groups is 1. The first-order chi connectivity index (χ1) is 20.9. The van der Waals surface area contributed by atoms with Crippen LogP contribution in [0.1, 0.15) is 46.3 Å². The molecule has 3 aliphatic carbocycles. The number of nitrogens with zero attached hydrogens (tertiary/aromatic N) is 1. The van der Waals surface area contributed by atoms with Crippen molar-refractivity contribution in [2.24, 2.45) is 5.92 Å². The van der Waals surface area contributed by atoms with E-state index in [1.807, 2.05) is 36.4 Å². The number of ether oxygens (including phenoxy) is 2. The van der Waals surface area contributed by atoms with Crippen LogP contribution < -0.4 is 14.8 Å². The Hall–Kier alpha value is -3.94. The van der Waals surface area contributed by atoms with Crippen LogP contribution in [0.2, 0.25) is 0 Å². The minimum absolute atomic E-state index is 0.105. The molecule has 0 radical (unpaired) electrons. The van der Waals surface area contributed by atoms with E-state index < -0.39 is 17.1 Å². The van der Waals surface area contributed by atoms with Crippen LogP contribution in [0.5, 0.6) is 11.5 Å². The summed E-state index contributed by atoms with van der Waals surface area (Å²) in [5.74, 6) is 1.66. The van der Waals surface area contributed by atoms with Crippen molar-refractivity contribution >= 4 is 11.7 Å². The summed E-state index contributed by atoms with van der Waals surface area (Å²) in [6, 6.07) is 20.1. The molecule has 5 aliphatic rings. The quantitative estimate of drug-likeness (QED) is 0.417. The van der Waals surface area contributed by atoms with Gasteiger partial charge in [-0.2, -0.15) is 0 Å². The number of likely N-dealkylation sites (tertiary alicyclic amines) is 1. The van der Waals surface area contributed by atoms with Gasteiger partial charge in [0.25, 0.3) is 5.91 Å². The van der Waals surface area contributed by atoms with Crippen LogP contribution in [0.15, 0.2) is 72.8 Å². The molecule has 7 nitrogen and oxygen atoms in total. The number of ketones is 1. The van der Waals surface area contributed by atoms with Crippen molar-refractivity contribution < 1.29 is 24.2 Å². The van der Waals surface area contributed by atoms with Crippen molar-refractivity contribution in [3.8, 4) is 22.6 Å². The molecule has 8 rings (SSSR count). The van der Waals surface area contributed by atoms with Crippen molar-refractivity contribution in [2.45, 2.75) is 55.3 Å². The lowest BCUT2D eigenvalue weighted by molar-refractivity contribution is -0.155. The third-order valence-corrected chi connectivity index (χ3v) is 10.5. The topological polar surface area (TPSA) is 88.1 Å². The average molecular weight is 577 g/mol. The molecule has 2 heterocycles. The summed E-state index contributed by atoms with van der Waals surface area (Å²) >= 11 is 0. The second kappa shape index (κ2) is 9.79.